The van der Waals surface area contributed by atoms with E-state index < -0.39 is 0 Å². The third-order valence-electron chi connectivity index (χ3n) is 4.29. The third kappa shape index (κ3) is 4.87. The predicted octanol–water partition coefficient (Wildman–Crippen LogP) is 2.64. The van der Waals surface area contributed by atoms with E-state index in [1.54, 1.807) is 24.5 Å². The van der Waals surface area contributed by atoms with E-state index in [0.29, 0.717) is 18.7 Å². The first-order chi connectivity index (χ1) is 11.8. The smallest absolute Gasteiger partial charge is 0.223 e. The van der Waals surface area contributed by atoms with Crippen LogP contribution in [0.1, 0.15) is 34.8 Å². The number of hydrogen-bond acceptors (Lipinski definition) is 4. The maximum atomic E-state index is 12.6. The molecule has 25 heavy (non-hydrogen) atoms. The first-order valence-electron chi connectivity index (χ1n) is 8.24. The quantitative estimate of drug-likeness (QED) is 0.834. The van der Waals surface area contributed by atoms with Crippen LogP contribution in [0.2, 0.25) is 0 Å². The molecular weight excluding hydrogens is 338 g/mol. The second-order valence-corrected chi connectivity index (χ2v) is 5.88. The number of rotatable bonds is 5. The number of amides is 1. The first kappa shape index (κ1) is 19.1. The number of ketones is 1. The van der Waals surface area contributed by atoms with Crippen molar-refractivity contribution in [1.82, 2.24) is 15.2 Å². The van der Waals surface area contributed by atoms with Gasteiger partial charge >= 0.3 is 0 Å². The molecule has 1 N–H and O–H groups in total. The summed E-state index contributed by atoms with van der Waals surface area (Å²) in [6, 6.07) is 13.0. The number of nitrogens with zero attached hydrogens (tertiary/aromatic N) is 2. The van der Waals surface area contributed by atoms with E-state index >= 15 is 0 Å². The van der Waals surface area contributed by atoms with E-state index in [2.05, 4.69) is 10.3 Å². The second-order valence-electron chi connectivity index (χ2n) is 5.88. The number of hydrogen-bond donors (Lipinski definition) is 1. The lowest BCUT2D eigenvalue weighted by Crippen LogP contribution is -2.48. The Balaban J connectivity index is 0.00000225. The van der Waals surface area contributed by atoms with Gasteiger partial charge in [0.2, 0.25) is 5.91 Å². The molecule has 0 saturated carbocycles. The molecule has 0 bridgehead atoms. The fourth-order valence-corrected chi connectivity index (χ4v) is 3.01. The molecule has 0 radical (unpaired) electrons. The third-order valence-corrected chi connectivity index (χ3v) is 4.29. The zero-order chi connectivity index (χ0) is 16.8. The molecule has 3 rings (SSSR count). The summed E-state index contributed by atoms with van der Waals surface area (Å²) in [4.78, 5) is 30.8. The Bertz CT molecular complexity index is 694. The number of nitrogens with one attached hydrogen (secondary N) is 1. The van der Waals surface area contributed by atoms with Crippen molar-refractivity contribution in [2.24, 2.45) is 0 Å². The molecule has 6 heteroatoms. The normalized spacial score (nSPS) is 16.8. The highest BCUT2D eigenvalue weighted by Crippen LogP contribution is 2.22. The van der Waals surface area contributed by atoms with Crippen molar-refractivity contribution in [2.75, 3.05) is 19.6 Å². The van der Waals surface area contributed by atoms with E-state index in [4.69, 9.17) is 0 Å². The molecule has 1 aliphatic heterocycles. The summed E-state index contributed by atoms with van der Waals surface area (Å²) in [6.45, 7) is 2.14. The molecule has 1 atom stereocenters. The van der Waals surface area contributed by atoms with Crippen molar-refractivity contribution in [3.8, 4) is 0 Å². The summed E-state index contributed by atoms with van der Waals surface area (Å²) in [5, 5.41) is 3.32. The van der Waals surface area contributed by atoms with Crippen molar-refractivity contribution >= 4 is 24.1 Å². The van der Waals surface area contributed by atoms with Gasteiger partial charge in [0.1, 0.15) is 0 Å². The number of benzene rings is 1. The van der Waals surface area contributed by atoms with Gasteiger partial charge in [-0.05, 0) is 11.6 Å². The number of pyridine rings is 1. The van der Waals surface area contributed by atoms with Crippen molar-refractivity contribution in [2.45, 2.75) is 18.9 Å². The zero-order valence-electron chi connectivity index (χ0n) is 13.9. The lowest BCUT2D eigenvalue weighted by Gasteiger charge is -2.36. The Kier molecular flexibility index (Phi) is 7.10. The summed E-state index contributed by atoms with van der Waals surface area (Å²) in [5.74, 6) is 0.0339. The van der Waals surface area contributed by atoms with E-state index in [9.17, 15) is 9.59 Å². The minimum Gasteiger partial charge on any atom is -0.333 e. The maximum Gasteiger partial charge on any atom is 0.223 e. The molecule has 1 aliphatic rings. The number of halogens is 1. The van der Waals surface area contributed by atoms with Crippen molar-refractivity contribution < 1.29 is 9.59 Å². The average molecular weight is 360 g/mol. The van der Waals surface area contributed by atoms with Gasteiger partial charge in [0, 0.05) is 50.4 Å². The SMILES string of the molecule is Cl.O=C(CCC(=O)N1CCNCC1c1cccnc1)c1ccccc1. The monoisotopic (exact) mass is 359 g/mol. The molecule has 1 aromatic carbocycles. The van der Waals surface area contributed by atoms with E-state index in [1.807, 2.05) is 35.2 Å². The Hall–Kier alpha value is -2.24. The van der Waals surface area contributed by atoms with Gasteiger partial charge in [0.25, 0.3) is 0 Å². The Labute approximate surface area is 153 Å². The standard InChI is InChI=1S/C19H21N3O2.ClH/c23-18(15-5-2-1-3-6-15)8-9-19(24)22-12-11-21-14-17(22)16-7-4-10-20-13-16;/h1-7,10,13,17,21H,8-9,11-12,14H2;1H. The van der Waals surface area contributed by atoms with Crippen molar-refractivity contribution in [1.29, 1.82) is 0 Å². The van der Waals surface area contributed by atoms with Crippen LogP contribution in [0.4, 0.5) is 0 Å². The summed E-state index contributed by atoms with van der Waals surface area (Å²) >= 11 is 0. The summed E-state index contributed by atoms with van der Waals surface area (Å²) in [5.41, 5.74) is 1.68. The number of carbonyl (C=O) groups is 2. The minimum atomic E-state index is -0.0215. The maximum absolute atomic E-state index is 12.6. The van der Waals surface area contributed by atoms with Gasteiger partial charge in [-0.1, -0.05) is 36.4 Å². The molecule has 132 valence electrons. The van der Waals surface area contributed by atoms with Crippen LogP contribution in [0, 0.1) is 0 Å². The number of piperazine rings is 1. The van der Waals surface area contributed by atoms with Crippen molar-refractivity contribution in [3.63, 3.8) is 0 Å². The molecule has 1 aromatic heterocycles. The largest absolute Gasteiger partial charge is 0.333 e. The highest BCUT2D eigenvalue weighted by molar-refractivity contribution is 5.97. The summed E-state index contributed by atoms with van der Waals surface area (Å²) < 4.78 is 0. The lowest BCUT2D eigenvalue weighted by atomic mass is 10.0. The van der Waals surface area contributed by atoms with Gasteiger partial charge in [-0.2, -0.15) is 0 Å². The van der Waals surface area contributed by atoms with Crippen molar-refractivity contribution in [3.05, 3.63) is 66.0 Å². The predicted molar refractivity (Wildman–Crippen MR) is 98.8 cm³/mol. The van der Waals surface area contributed by atoms with E-state index in [-0.39, 0.29) is 43.0 Å². The molecule has 1 unspecified atom stereocenters. The number of Topliss-reactive ketones (excluding diaryl/α,β-unsaturated/α-hetero) is 1. The Morgan fingerprint density at radius 1 is 1.12 bits per heavy atom. The fourth-order valence-electron chi connectivity index (χ4n) is 3.01. The van der Waals surface area contributed by atoms with Crippen LogP contribution in [0.15, 0.2) is 54.9 Å². The van der Waals surface area contributed by atoms with Crippen LogP contribution in [0.5, 0.6) is 0 Å². The van der Waals surface area contributed by atoms with Gasteiger partial charge in [0.05, 0.1) is 6.04 Å². The molecular formula is C19H22ClN3O2. The van der Waals surface area contributed by atoms with Crippen LogP contribution in [-0.4, -0.2) is 41.2 Å². The second kappa shape index (κ2) is 9.30. The van der Waals surface area contributed by atoms with Crippen LogP contribution in [0.25, 0.3) is 0 Å². The average Bonchev–Trinajstić information content (AvgIpc) is 2.67. The summed E-state index contributed by atoms with van der Waals surface area (Å²) in [7, 11) is 0. The topological polar surface area (TPSA) is 62.3 Å². The lowest BCUT2D eigenvalue weighted by molar-refractivity contribution is -0.134. The first-order valence-corrected chi connectivity index (χ1v) is 8.24. The Morgan fingerprint density at radius 2 is 1.92 bits per heavy atom. The van der Waals surface area contributed by atoms with Crippen LogP contribution in [-0.2, 0) is 4.79 Å². The number of aromatic nitrogens is 1. The molecule has 2 aromatic rings. The van der Waals surface area contributed by atoms with Gasteiger partial charge in [-0.25, -0.2) is 0 Å². The molecule has 1 saturated heterocycles. The van der Waals surface area contributed by atoms with Crippen LogP contribution < -0.4 is 5.32 Å². The van der Waals surface area contributed by atoms with Crippen LogP contribution in [0.3, 0.4) is 0 Å². The van der Waals surface area contributed by atoms with Gasteiger partial charge < -0.3 is 10.2 Å². The molecule has 1 fully saturated rings. The fraction of sp³-hybridized carbons (Fsp3) is 0.316. The van der Waals surface area contributed by atoms with E-state index in [1.165, 1.54) is 0 Å². The minimum absolute atomic E-state index is 0. The highest BCUT2D eigenvalue weighted by atomic mass is 35.5. The molecule has 0 spiro atoms. The molecule has 5 nitrogen and oxygen atoms in total. The Morgan fingerprint density at radius 3 is 2.64 bits per heavy atom. The van der Waals surface area contributed by atoms with Gasteiger partial charge in [-0.15, -0.1) is 12.4 Å². The molecule has 2 heterocycles. The molecule has 1 amide bonds. The molecule has 0 aliphatic carbocycles. The summed E-state index contributed by atoms with van der Waals surface area (Å²) in [6.07, 6.45) is 4.01. The highest BCUT2D eigenvalue weighted by Gasteiger charge is 2.28. The van der Waals surface area contributed by atoms with Gasteiger partial charge in [0.15, 0.2) is 5.78 Å². The van der Waals surface area contributed by atoms with Crippen LogP contribution >= 0.6 is 12.4 Å². The van der Waals surface area contributed by atoms with Gasteiger partial charge in [-0.3, -0.25) is 14.6 Å². The number of carbonyl (C=O) groups excluding carboxylic acids is 2. The van der Waals surface area contributed by atoms with E-state index in [0.717, 1.165) is 12.1 Å². The zero-order valence-corrected chi connectivity index (χ0v) is 14.7.